The summed E-state index contributed by atoms with van der Waals surface area (Å²) >= 11 is 0. The van der Waals surface area contributed by atoms with Crippen molar-refractivity contribution in [3.63, 3.8) is 0 Å². The summed E-state index contributed by atoms with van der Waals surface area (Å²) in [4.78, 5) is 0. The zero-order valence-electron chi connectivity index (χ0n) is 13.0. The molecular weight excluding hydrogens is 287 g/mol. The molecule has 2 nitrogen and oxygen atoms in total. The second kappa shape index (κ2) is 5.99. The van der Waals surface area contributed by atoms with Crippen molar-refractivity contribution < 1.29 is 4.39 Å². The van der Waals surface area contributed by atoms with Crippen molar-refractivity contribution in [2.24, 2.45) is 0 Å². The van der Waals surface area contributed by atoms with E-state index in [4.69, 9.17) is 5.10 Å². The molecule has 0 radical (unpaired) electrons. The Morgan fingerprint density at radius 3 is 2.61 bits per heavy atom. The molecule has 1 aliphatic carbocycles. The molecular formula is C20H19FN2. The van der Waals surface area contributed by atoms with Gasteiger partial charge >= 0.3 is 0 Å². The lowest BCUT2D eigenvalue weighted by atomic mass is 9.93. The molecule has 116 valence electrons. The Morgan fingerprint density at radius 2 is 1.78 bits per heavy atom. The first-order chi connectivity index (χ1) is 11.3. The molecule has 0 saturated carbocycles. The van der Waals surface area contributed by atoms with E-state index in [1.807, 2.05) is 24.3 Å². The van der Waals surface area contributed by atoms with Gasteiger partial charge in [-0.25, -0.2) is 4.39 Å². The van der Waals surface area contributed by atoms with Crippen LogP contribution in [0.25, 0.3) is 11.3 Å². The first-order valence-electron chi connectivity index (χ1n) is 8.20. The van der Waals surface area contributed by atoms with Gasteiger partial charge in [0.25, 0.3) is 0 Å². The molecule has 2 aromatic carbocycles. The zero-order chi connectivity index (χ0) is 15.6. The highest BCUT2D eigenvalue weighted by molar-refractivity contribution is 5.65. The van der Waals surface area contributed by atoms with E-state index in [0.717, 1.165) is 30.6 Å². The minimum atomic E-state index is -0.195. The van der Waals surface area contributed by atoms with Gasteiger partial charge in [-0.3, -0.25) is 4.68 Å². The highest BCUT2D eigenvalue weighted by Gasteiger charge is 2.22. The number of aromatic nitrogens is 2. The van der Waals surface area contributed by atoms with Gasteiger partial charge in [-0.1, -0.05) is 42.5 Å². The molecule has 0 fully saturated rings. The smallest absolute Gasteiger partial charge is 0.123 e. The number of hydrogen-bond donors (Lipinski definition) is 0. The molecule has 3 heteroatoms. The predicted octanol–water partition coefficient (Wildman–Crippen LogP) is 4.62. The Balaban J connectivity index is 1.83. The lowest BCUT2D eigenvalue weighted by Crippen LogP contribution is -2.04. The molecule has 0 amide bonds. The summed E-state index contributed by atoms with van der Waals surface area (Å²) in [6.07, 6.45) is 4.44. The number of nitrogens with zero attached hydrogens (tertiary/aromatic N) is 2. The third-order valence-corrected chi connectivity index (χ3v) is 4.50. The molecule has 1 aromatic heterocycles. The summed E-state index contributed by atoms with van der Waals surface area (Å²) in [6, 6.07) is 17.2. The van der Waals surface area contributed by atoms with Gasteiger partial charge in [0.2, 0.25) is 0 Å². The summed E-state index contributed by atoms with van der Waals surface area (Å²) in [5.41, 5.74) is 5.72. The number of halogens is 1. The van der Waals surface area contributed by atoms with Gasteiger partial charge in [0.1, 0.15) is 5.82 Å². The SMILES string of the molecule is Fc1cccc(-c2c3c(nn2Cc2ccccc2)CCCC3)c1. The van der Waals surface area contributed by atoms with Crippen LogP contribution in [0.15, 0.2) is 54.6 Å². The van der Waals surface area contributed by atoms with Crippen molar-refractivity contribution in [3.05, 3.63) is 77.2 Å². The molecule has 0 unspecified atom stereocenters. The fourth-order valence-corrected chi connectivity index (χ4v) is 3.44. The fourth-order valence-electron chi connectivity index (χ4n) is 3.44. The van der Waals surface area contributed by atoms with Crippen LogP contribution < -0.4 is 0 Å². The van der Waals surface area contributed by atoms with Gasteiger partial charge in [-0.05, 0) is 43.4 Å². The lowest BCUT2D eigenvalue weighted by Gasteiger charge is -2.12. The number of fused-ring (bicyclic) bond motifs is 1. The number of hydrogen-bond acceptors (Lipinski definition) is 1. The molecule has 0 saturated heterocycles. The molecule has 0 atom stereocenters. The molecule has 4 rings (SSSR count). The second-order valence-corrected chi connectivity index (χ2v) is 6.13. The van der Waals surface area contributed by atoms with Crippen LogP contribution in [0.2, 0.25) is 0 Å². The van der Waals surface area contributed by atoms with E-state index in [0.29, 0.717) is 0 Å². The quantitative estimate of drug-likeness (QED) is 0.690. The van der Waals surface area contributed by atoms with Gasteiger partial charge in [0, 0.05) is 11.1 Å². The Hall–Kier alpha value is -2.42. The lowest BCUT2D eigenvalue weighted by molar-refractivity contribution is 0.627. The largest absolute Gasteiger partial charge is 0.260 e. The normalized spacial score (nSPS) is 13.8. The van der Waals surface area contributed by atoms with E-state index in [-0.39, 0.29) is 5.82 Å². The standard InChI is InChI=1S/C20H19FN2/c21-17-10-6-9-16(13-17)20-18-11-4-5-12-19(18)22-23(20)14-15-7-2-1-3-8-15/h1-3,6-10,13H,4-5,11-12,14H2. The van der Waals surface area contributed by atoms with Crippen LogP contribution >= 0.6 is 0 Å². The highest BCUT2D eigenvalue weighted by Crippen LogP contribution is 2.32. The maximum absolute atomic E-state index is 13.7. The van der Waals surface area contributed by atoms with Crippen molar-refractivity contribution >= 4 is 0 Å². The third-order valence-electron chi connectivity index (χ3n) is 4.50. The number of aryl methyl sites for hydroxylation is 1. The Morgan fingerprint density at radius 1 is 0.957 bits per heavy atom. The van der Waals surface area contributed by atoms with Crippen molar-refractivity contribution in [1.82, 2.24) is 9.78 Å². The summed E-state index contributed by atoms with van der Waals surface area (Å²) in [5.74, 6) is -0.195. The predicted molar refractivity (Wildman–Crippen MR) is 89.8 cm³/mol. The van der Waals surface area contributed by atoms with Crippen LogP contribution in [0.3, 0.4) is 0 Å². The molecule has 0 bridgehead atoms. The van der Waals surface area contributed by atoms with E-state index in [9.17, 15) is 4.39 Å². The van der Waals surface area contributed by atoms with Crippen LogP contribution in [-0.2, 0) is 19.4 Å². The van der Waals surface area contributed by atoms with E-state index >= 15 is 0 Å². The monoisotopic (exact) mass is 306 g/mol. The fraction of sp³-hybridized carbons (Fsp3) is 0.250. The van der Waals surface area contributed by atoms with Crippen molar-refractivity contribution in [2.75, 3.05) is 0 Å². The summed E-state index contributed by atoms with van der Waals surface area (Å²) in [7, 11) is 0. The Kier molecular flexibility index (Phi) is 3.70. The molecule has 0 spiro atoms. The first kappa shape index (κ1) is 14.2. The number of benzene rings is 2. The van der Waals surface area contributed by atoms with Crippen molar-refractivity contribution in [2.45, 2.75) is 32.2 Å². The second-order valence-electron chi connectivity index (χ2n) is 6.13. The Labute approximate surface area is 135 Å². The highest BCUT2D eigenvalue weighted by atomic mass is 19.1. The molecule has 1 heterocycles. The molecule has 1 aliphatic rings. The van der Waals surface area contributed by atoms with E-state index in [1.54, 1.807) is 12.1 Å². The summed E-state index contributed by atoms with van der Waals surface area (Å²) < 4.78 is 15.8. The minimum absolute atomic E-state index is 0.195. The minimum Gasteiger partial charge on any atom is -0.260 e. The maximum Gasteiger partial charge on any atom is 0.123 e. The van der Waals surface area contributed by atoms with Crippen LogP contribution in [0.1, 0.15) is 29.7 Å². The molecule has 0 aliphatic heterocycles. The third kappa shape index (κ3) is 2.79. The topological polar surface area (TPSA) is 17.8 Å². The van der Waals surface area contributed by atoms with Gasteiger partial charge in [0.05, 0.1) is 17.9 Å². The van der Waals surface area contributed by atoms with Crippen LogP contribution in [-0.4, -0.2) is 9.78 Å². The summed E-state index contributed by atoms with van der Waals surface area (Å²) in [5, 5.41) is 4.85. The summed E-state index contributed by atoms with van der Waals surface area (Å²) in [6.45, 7) is 0.722. The van der Waals surface area contributed by atoms with E-state index < -0.39 is 0 Å². The molecule has 3 aromatic rings. The maximum atomic E-state index is 13.7. The average molecular weight is 306 g/mol. The zero-order valence-corrected chi connectivity index (χ0v) is 13.0. The average Bonchev–Trinajstić information content (AvgIpc) is 2.93. The van der Waals surface area contributed by atoms with Crippen LogP contribution in [0, 0.1) is 5.82 Å². The van der Waals surface area contributed by atoms with Crippen molar-refractivity contribution in [1.29, 1.82) is 0 Å². The van der Waals surface area contributed by atoms with Gasteiger partial charge < -0.3 is 0 Å². The van der Waals surface area contributed by atoms with Crippen LogP contribution in [0.4, 0.5) is 4.39 Å². The van der Waals surface area contributed by atoms with E-state index in [1.165, 1.54) is 35.7 Å². The van der Waals surface area contributed by atoms with Gasteiger partial charge in [0.15, 0.2) is 0 Å². The Bertz CT molecular complexity index is 821. The van der Waals surface area contributed by atoms with E-state index in [2.05, 4.69) is 16.8 Å². The van der Waals surface area contributed by atoms with Gasteiger partial charge in [-0.15, -0.1) is 0 Å². The van der Waals surface area contributed by atoms with Crippen molar-refractivity contribution in [3.8, 4) is 11.3 Å². The first-order valence-corrected chi connectivity index (χ1v) is 8.20. The van der Waals surface area contributed by atoms with Gasteiger partial charge in [-0.2, -0.15) is 5.10 Å². The number of rotatable bonds is 3. The molecule has 0 N–H and O–H groups in total. The molecule has 23 heavy (non-hydrogen) atoms. The van der Waals surface area contributed by atoms with Crippen LogP contribution in [0.5, 0.6) is 0 Å².